The molecule has 7 heteroatoms. The summed E-state index contributed by atoms with van der Waals surface area (Å²) in [5, 5.41) is 4.15. The second-order valence-electron chi connectivity index (χ2n) is 3.83. The van der Waals surface area contributed by atoms with Crippen LogP contribution in [-0.2, 0) is 13.5 Å². The van der Waals surface area contributed by atoms with Crippen LogP contribution in [0.1, 0.15) is 35.8 Å². The third-order valence-electron chi connectivity index (χ3n) is 2.62. The zero-order valence-electron chi connectivity index (χ0n) is 9.92. The van der Waals surface area contributed by atoms with Gasteiger partial charge in [-0.25, -0.2) is 10.4 Å². The predicted molar refractivity (Wildman–Crippen MR) is 66.3 cm³/mol. The van der Waals surface area contributed by atoms with Gasteiger partial charge in [0.25, 0.3) is 0 Å². The first-order valence-corrected chi connectivity index (χ1v) is 6.29. The van der Waals surface area contributed by atoms with Gasteiger partial charge >= 0.3 is 0 Å². The molecule has 17 heavy (non-hydrogen) atoms. The van der Waals surface area contributed by atoms with E-state index < -0.39 is 0 Å². The van der Waals surface area contributed by atoms with E-state index in [0.29, 0.717) is 0 Å². The Kier molecular flexibility index (Phi) is 3.82. The van der Waals surface area contributed by atoms with Crippen molar-refractivity contribution in [2.75, 3.05) is 0 Å². The van der Waals surface area contributed by atoms with Crippen LogP contribution in [0.15, 0.2) is 12.4 Å². The summed E-state index contributed by atoms with van der Waals surface area (Å²) in [7, 11) is 1.95. The summed E-state index contributed by atoms with van der Waals surface area (Å²) < 4.78 is 5.95. The van der Waals surface area contributed by atoms with Gasteiger partial charge in [-0.2, -0.15) is 0 Å². The molecule has 6 nitrogen and oxygen atoms in total. The molecule has 0 spiro atoms. The average Bonchev–Trinajstić information content (AvgIpc) is 2.92. The Balaban J connectivity index is 2.35. The molecule has 2 aromatic heterocycles. The summed E-state index contributed by atoms with van der Waals surface area (Å²) in [4.78, 5) is 5.36. The molecular weight excluding hydrogens is 236 g/mol. The first-order valence-electron chi connectivity index (χ1n) is 5.52. The maximum Gasteiger partial charge on any atom is 0.132 e. The van der Waals surface area contributed by atoms with Crippen molar-refractivity contribution in [1.29, 1.82) is 0 Å². The van der Waals surface area contributed by atoms with Crippen LogP contribution in [0.5, 0.6) is 0 Å². The molecule has 0 bridgehead atoms. The number of nitrogens with one attached hydrogen (secondary N) is 1. The molecular formula is C10H16N6S. The number of hydrazine groups is 1. The topological polar surface area (TPSA) is 81.7 Å². The highest BCUT2D eigenvalue weighted by molar-refractivity contribution is 7.05. The fraction of sp³-hybridized carbons (Fsp3) is 0.500. The molecule has 0 amide bonds. The van der Waals surface area contributed by atoms with Crippen LogP contribution in [0.2, 0.25) is 0 Å². The van der Waals surface area contributed by atoms with Crippen molar-refractivity contribution in [3.05, 3.63) is 28.8 Å². The lowest BCUT2D eigenvalue weighted by atomic mass is 10.1. The lowest BCUT2D eigenvalue weighted by Gasteiger charge is -2.14. The standard InChI is InChI=1S/C10H16N6S/c1-3-4-7-9(17-15-14-7)8(13-11)10-12-5-6-16(10)2/h5-6,8,13H,3-4,11H2,1-2H3. The van der Waals surface area contributed by atoms with Gasteiger partial charge in [0.1, 0.15) is 11.9 Å². The minimum atomic E-state index is -0.142. The van der Waals surface area contributed by atoms with Crippen LogP contribution in [0.25, 0.3) is 0 Å². The number of hydrogen-bond acceptors (Lipinski definition) is 6. The van der Waals surface area contributed by atoms with Gasteiger partial charge in [0.2, 0.25) is 0 Å². The molecule has 0 aromatic carbocycles. The average molecular weight is 252 g/mol. The lowest BCUT2D eigenvalue weighted by molar-refractivity contribution is 0.581. The van der Waals surface area contributed by atoms with Crippen molar-refractivity contribution in [3.63, 3.8) is 0 Å². The van der Waals surface area contributed by atoms with Crippen molar-refractivity contribution in [1.82, 2.24) is 24.6 Å². The van der Waals surface area contributed by atoms with Crippen molar-refractivity contribution in [3.8, 4) is 0 Å². The number of aromatic nitrogens is 4. The van der Waals surface area contributed by atoms with Crippen molar-refractivity contribution < 1.29 is 0 Å². The van der Waals surface area contributed by atoms with E-state index in [1.165, 1.54) is 11.5 Å². The van der Waals surface area contributed by atoms with E-state index in [4.69, 9.17) is 5.84 Å². The SMILES string of the molecule is CCCc1nnsc1C(NN)c1nccn1C. The molecule has 0 saturated heterocycles. The Labute approximate surface area is 104 Å². The van der Waals surface area contributed by atoms with Gasteiger partial charge in [-0.15, -0.1) is 5.10 Å². The summed E-state index contributed by atoms with van der Waals surface area (Å²) in [6.07, 6.45) is 5.60. The second kappa shape index (κ2) is 5.35. The Morgan fingerprint density at radius 3 is 3.00 bits per heavy atom. The molecule has 2 heterocycles. The van der Waals surface area contributed by atoms with Gasteiger partial charge in [-0.05, 0) is 18.0 Å². The number of hydrogen-bond donors (Lipinski definition) is 2. The highest BCUT2D eigenvalue weighted by Gasteiger charge is 2.22. The molecule has 0 fully saturated rings. The normalized spacial score (nSPS) is 12.9. The van der Waals surface area contributed by atoms with E-state index in [1.807, 2.05) is 17.8 Å². The maximum absolute atomic E-state index is 5.64. The molecule has 0 saturated carbocycles. The number of rotatable bonds is 5. The zero-order chi connectivity index (χ0) is 12.3. The summed E-state index contributed by atoms with van der Waals surface area (Å²) in [6.45, 7) is 2.12. The predicted octanol–water partition coefficient (Wildman–Crippen LogP) is 0.777. The van der Waals surface area contributed by atoms with Crippen molar-refractivity contribution in [2.45, 2.75) is 25.8 Å². The Hall–Kier alpha value is -1.31. The van der Waals surface area contributed by atoms with Crippen LogP contribution in [0.4, 0.5) is 0 Å². The van der Waals surface area contributed by atoms with Gasteiger partial charge in [0, 0.05) is 19.4 Å². The summed E-state index contributed by atoms with van der Waals surface area (Å²) in [5.74, 6) is 6.51. The Morgan fingerprint density at radius 2 is 2.41 bits per heavy atom. The summed E-state index contributed by atoms with van der Waals surface area (Å²) >= 11 is 1.37. The molecule has 0 aliphatic heterocycles. The smallest absolute Gasteiger partial charge is 0.132 e. The minimum absolute atomic E-state index is 0.142. The first kappa shape index (κ1) is 12.2. The third-order valence-corrected chi connectivity index (χ3v) is 3.45. The molecule has 92 valence electrons. The summed E-state index contributed by atoms with van der Waals surface area (Å²) in [6, 6.07) is -0.142. The number of nitrogens with zero attached hydrogens (tertiary/aromatic N) is 4. The molecule has 0 radical (unpaired) electrons. The highest BCUT2D eigenvalue weighted by Crippen LogP contribution is 2.25. The molecule has 1 unspecified atom stereocenters. The molecule has 2 aromatic rings. The molecule has 0 aliphatic carbocycles. The minimum Gasteiger partial charge on any atom is -0.336 e. The molecule has 3 N–H and O–H groups in total. The molecule has 0 aliphatic rings. The third kappa shape index (κ3) is 2.36. The van der Waals surface area contributed by atoms with Gasteiger partial charge in [-0.1, -0.05) is 17.8 Å². The lowest BCUT2D eigenvalue weighted by Crippen LogP contribution is -2.30. The fourth-order valence-corrected chi connectivity index (χ4v) is 2.52. The van der Waals surface area contributed by atoms with Crippen LogP contribution in [0, 0.1) is 0 Å². The second-order valence-corrected chi connectivity index (χ2v) is 4.62. The Bertz CT molecular complexity index is 477. The number of aryl methyl sites for hydroxylation is 2. The summed E-state index contributed by atoms with van der Waals surface area (Å²) in [5.41, 5.74) is 3.80. The Morgan fingerprint density at radius 1 is 1.59 bits per heavy atom. The van der Waals surface area contributed by atoms with E-state index in [9.17, 15) is 0 Å². The van der Waals surface area contributed by atoms with E-state index in [-0.39, 0.29) is 6.04 Å². The van der Waals surface area contributed by atoms with E-state index in [0.717, 1.165) is 29.2 Å². The van der Waals surface area contributed by atoms with Crippen LogP contribution in [0.3, 0.4) is 0 Å². The van der Waals surface area contributed by atoms with E-state index in [2.05, 4.69) is 26.9 Å². The van der Waals surface area contributed by atoms with Crippen LogP contribution >= 0.6 is 11.5 Å². The maximum atomic E-state index is 5.64. The first-order chi connectivity index (χ1) is 8.27. The van der Waals surface area contributed by atoms with Crippen LogP contribution < -0.4 is 11.3 Å². The van der Waals surface area contributed by atoms with Gasteiger partial charge < -0.3 is 4.57 Å². The zero-order valence-corrected chi connectivity index (χ0v) is 10.7. The quantitative estimate of drug-likeness (QED) is 0.607. The molecule has 1 atom stereocenters. The van der Waals surface area contributed by atoms with Gasteiger partial charge in [0.05, 0.1) is 10.6 Å². The van der Waals surface area contributed by atoms with E-state index in [1.54, 1.807) is 6.20 Å². The van der Waals surface area contributed by atoms with Crippen molar-refractivity contribution >= 4 is 11.5 Å². The van der Waals surface area contributed by atoms with Crippen molar-refractivity contribution in [2.24, 2.45) is 12.9 Å². The van der Waals surface area contributed by atoms with Gasteiger partial charge in [-0.3, -0.25) is 5.84 Å². The van der Waals surface area contributed by atoms with Crippen LogP contribution in [-0.4, -0.2) is 19.1 Å². The largest absolute Gasteiger partial charge is 0.336 e. The fourth-order valence-electron chi connectivity index (χ4n) is 1.77. The number of nitrogens with two attached hydrogens (primary N) is 1. The molecule has 2 rings (SSSR count). The van der Waals surface area contributed by atoms with Gasteiger partial charge in [0.15, 0.2) is 0 Å². The number of imidazole rings is 1. The highest BCUT2D eigenvalue weighted by atomic mass is 32.1. The van der Waals surface area contributed by atoms with E-state index >= 15 is 0 Å². The monoisotopic (exact) mass is 252 g/mol.